The number of rotatable bonds is 5. The first kappa shape index (κ1) is 20.3. The van der Waals surface area contributed by atoms with Gasteiger partial charge >= 0.3 is 0 Å². The molecule has 4 rings (SSSR count). The van der Waals surface area contributed by atoms with Crippen LogP contribution in [0, 0.1) is 0 Å². The predicted octanol–water partition coefficient (Wildman–Crippen LogP) is 2.94. The molecule has 2 heterocycles. The number of nitrogens with zero attached hydrogens (tertiary/aromatic N) is 3. The van der Waals surface area contributed by atoms with E-state index in [9.17, 15) is 14.7 Å². The van der Waals surface area contributed by atoms with Crippen LogP contribution in [-0.4, -0.2) is 44.2 Å². The van der Waals surface area contributed by atoms with Crippen molar-refractivity contribution in [1.82, 2.24) is 14.5 Å². The highest BCUT2D eigenvalue weighted by Crippen LogP contribution is 2.26. The Kier molecular flexibility index (Phi) is 5.68. The lowest BCUT2D eigenvalue weighted by Gasteiger charge is -2.38. The number of benzene rings is 2. The zero-order valence-electron chi connectivity index (χ0n) is 17.2. The van der Waals surface area contributed by atoms with Gasteiger partial charge in [0.1, 0.15) is 0 Å². The van der Waals surface area contributed by atoms with Crippen LogP contribution in [0.1, 0.15) is 37.7 Å². The number of hydrogen-bond acceptors (Lipinski definition) is 4. The molecule has 1 N–H and O–H groups in total. The van der Waals surface area contributed by atoms with Gasteiger partial charge in [0.25, 0.3) is 5.56 Å². The summed E-state index contributed by atoms with van der Waals surface area (Å²) in [4.78, 5) is 31.6. The van der Waals surface area contributed by atoms with Crippen molar-refractivity contribution >= 4 is 16.8 Å². The van der Waals surface area contributed by atoms with Gasteiger partial charge < -0.3 is 10.0 Å². The van der Waals surface area contributed by atoms with Crippen LogP contribution in [0.15, 0.2) is 65.7 Å². The van der Waals surface area contributed by atoms with Gasteiger partial charge in [-0.3, -0.25) is 14.2 Å². The first-order valence-corrected chi connectivity index (χ1v) is 10.4. The summed E-state index contributed by atoms with van der Waals surface area (Å²) in [6.07, 6.45) is 2.84. The van der Waals surface area contributed by atoms with Crippen molar-refractivity contribution in [2.24, 2.45) is 0 Å². The fourth-order valence-electron chi connectivity index (χ4n) is 4.16. The molecule has 156 valence electrons. The Morgan fingerprint density at radius 1 is 1.10 bits per heavy atom. The molecule has 1 saturated heterocycles. The third-order valence-corrected chi connectivity index (χ3v) is 6.09. The van der Waals surface area contributed by atoms with Crippen molar-refractivity contribution < 1.29 is 9.90 Å². The van der Waals surface area contributed by atoms with E-state index in [1.165, 1.54) is 10.9 Å². The third-order valence-electron chi connectivity index (χ3n) is 6.09. The van der Waals surface area contributed by atoms with E-state index in [-0.39, 0.29) is 23.9 Å². The normalized spacial score (nSPS) is 17.1. The maximum Gasteiger partial charge on any atom is 0.261 e. The lowest BCUT2D eigenvalue weighted by atomic mass is 9.90. The van der Waals surface area contributed by atoms with Crippen LogP contribution < -0.4 is 5.56 Å². The molecule has 3 aromatic rings. The quantitative estimate of drug-likeness (QED) is 0.708. The van der Waals surface area contributed by atoms with Gasteiger partial charge in [-0.15, -0.1) is 0 Å². The molecule has 0 aliphatic carbocycles. The first-order chi connectivity index (χ1) is 14.5. The topological polar surface area (TPSA) is 75.4 Å². The lowest BCUT2D eigenvalue weighted by Crippen LogP contribution is -2.49. The smallest absolute Gasteiger partial charge is 0.261 e. The van der Waals surface area contributed by atoms with Crippen molar-refractivity contribution in [1.29, 1.82) is 0 Å². The minimum absolute atomic E-state index is 0.109. The van der Waals surface area contributed by atoms with Gasteiger partial charge in [0.05, 0.1) is 29.4 Å². The number of carbonyl (C=O) groups excluding carboxylic acids is 1. The number of hydrogen-bond donors (Lipinski definition) is 1. The first-order valence-electron chi connectivity index (χ1n) is 10.4. The Balaban J connectivity index is 1.38. The van der Waals surface area contributed by atoms with Crippen LogP contribution in [0.3, 0.4) is 0 Å². The average molecular weight is 405 g/mol. The van der Waals surface area contributed by atoms with Gasteiger partial charge in [-0.25, -0.2) is 4.98 Å². The van der Waals surface area contributed by atoms with Gasteiger partial charge in [-0.1, -0.05) is 49.4 Å². The molecule has 1 fully saturated rings. The highest BCUT2D eigenvalue weighted by atomic mass is 16.3. The Morgan fingerprint density at radius 3 is 2.50 bits per heavy atom. The summed E-state index contributed by atoms with van der Waals surface area (Å²) in [6, 6.07) is 17.2. The zero-order chi connectivity index (χ0) is 21.1. The molecule has 2 aromatic carbocycles. The predicted molar refractivity (Wildman–Crippen MR) is 116 cm³/mol. The van der Waals surface area contributed by atoms with Crippen molar-refractivity contribution in [3.8, 4) is 0 Å². The molecule has 0 bridgehead atoms. The summed E-state index contributed by atoms with van der Waals surface area (Å²) in [5.41, 5.74) is 0.640. The Labute approximate surface area is 175 Å². The molecule has 1 atom stereocenters. The third kappa shape index (κ3) is 4.28. The molecule has 1 aliphatic rings. The second kappa shape index (κ2) is 8.40. The zero-order valence-corrected chi connectivity index (χ0v) is 17.2. The highest BCUT2D eigenvalue weighted by molar-refractivity contribution is 5.77. The fraction of sp³-hybridized carbons (Fsp3) is 0.375. The largest absolute Gasteiger partial charge is 0.388 e. The van der Waals surface area contributed by atoms with Gasteiger partial charge in [-0.05, 0) is 36.5 Å². The van der Waals surface area contributed by atoms with Crippen LogP contribution >= 0.6 is 0 Å². The summed E-state index contributed by atoms with van der Waals surface area (Å²) in [6.45, 7) is 3.23. The molecule has 0 radical (unpaired) electrons. The SMILES string of the molecule is C[C@H](CC(=O)N1CCC(O)(Cn2cnc3ccccc3c2=O)CC1)c1ccccc1. The van der Waals surface area contributed by atoms with E-state index in [0.717, 1.165) is 5.56 Å². The monoisotopic (exact) mass is 405 g/mol. The number of aliphatic hydroxyl groups is 1. The molecule has 0 spiro atoms. The number of piperidine rings is 1. The summed E-state index contributed by atoms with van der Waals surface area (Å²) >= 11 is 0. The minimum atomic E-state index is -1.02. The van der Waals surface area contributed by atoms with Crippen LogP contribution in [0.4, 0.5) is 0 Å². The van der Waals surface area contributed by atoms with Gasteiger partial charge in [0.15, 0.2) is 0 Å². The fourth-order valence-corrected chi connectivity index (χ4v) is 4.16. The number of carbonyl (C=O) groups is 1. The van der Waals surface area contributed by atoms with Crippen molar-refractivity contribution in [2.75, 3.05) is 13.1 Å². The second-order valence-electron chi connectivity index (χ2n) is 8.32. The van der Waals surface area contributed by atoms with E-state index >= 15 is 0 Å². The molecule has 6 nitrogen and oxygen atoms in total. The van der Waals surface area contributed by atoms with E-state index in [2.05, 4.69) is 11.9 Å². The Morgan fingerprint density at radius 2 is 1.77 bits per heavy atom. The number of likely N-dealkylation sites (tertiary alicyclic amines) is 1. The molecule has 0 saturated carbocycles. The molecule has 1 aliphatic heterocycles. The van der Waals surface area contributed by atoms with Crippen molar-refractivity contribution in [2.45, 2.75) is 44.2 Å². The van der Waals surface area contributed by atoms with E-state index in [0.29, 0.717) is 43.3 Å². The molecule has 1 aromatic heterocycles. The lowest BCUT2D eigenvalue weighted by molar-refractivity contribution is -0.136. The van der Waals surface area contributed by atoms with Crippen LogP contribution in [0.25, 0.3) is 10.9 Å². The van der Waals surface area contributed by atoms with Crippen molar-refractivity contribution in [3.63, 3.8) is 0 Å². The average Bonchev–Trinajstić information content (AvgIpc) is 2.77. The standard InChI is InChI=1S/C24H27N3O3/c1-18(19-7-3-2-4-8-19)15-22(28)26-13-11-24(30,12-14-26)16-27-17-25-21-10-6-5-9-20(21)23(27)29/h2-10,17-18,30H,11-16H2,1H3/t18-/m1/s1. The number of fused-ring (bicyclic) bond motifs is 1. The Hall–Kier alpha value is -2.99. The minimum Gasteiger partial charge on any atom is -0.388 e. The molecule has 0 unspecified atom stereocenters. The van der Waals surface area contributed by atoms with Gasteiger partial charge in [-0.2, -0.15) is 0 Å². The maximum atomic E-state index is 12.7. The highest BCUT2D eigenvalue weighted by Gasteiger charge is 2.35. The summed E-state index contributed by atoms with van der Waals surface area (Å²) in [7, 11) is 0. The van der Waals surface area contributed by atoms with Crippen LogP contribution in [0.5, 0.6) is 0 Å². The number of para-hydroxylation sites is 1. The summed E-state index contributed by atoms with van der Waals surface area (Å²) in [5.74, 6) is 0.264. The maximum absolute atomic E-state index is 12.7. The van der Waals surface area contributed by atoms with E-state index in [1.54, 1.807) is 12.1 Å². The van der Waals surface area contributed by atoms with Crippen LogP contribution in [-0.2, 0) is 11.3 Å². The molecule has 6 heteroatoms. The van der Waals surface area contributed by atoms with Crippen molar-refractivity contribution in [3.05, 3.63) is 76.8 Å². The summed E-state index contributed by atoms with van der Waals surface area (Å²) < 4.78 is 1.48. The van der Waals surface area contributed by atoms with Crippen LogP contribution in [0.2, 0.25) is 0 Å². The molecule has 1 amide bonds. The molecular weight excluding hydrogens is 378 g/mol. The molecule has 30 heavy (non-hydrogen) atoms. The van der Waals surface area contributed by atoms with E-state index in [1.807, 2.05) is 47.4 Å². The Bertz CT molecular complexity index is 1090. The number of amides is 1. The van der Waals surface area contributed by atoms with E-state index < -0.39 is 5.60 Å². The van der Waals surface area contributed by atoms with E-state index in [4.69, 9.17) is 0 Å². The number of aromatic nitrogens is 2. The second-order valence-corrected chi connectivity index (χ2v) is 8.32. The van der Waals surface area contributed by atoms with Gasteiger partial charge in [0.2, 0.25) is 5.91 Å². The summed E-state index contributed by atoms with van der Waals surface area (Å²) in [5, 5.41) is 11.6. The molecular formula is C24H27N3O3. The van der Waals surface area contributed by atoms with Gasteiger partial charge in [0, 0.05) is 19.5 Å².